The van der Waals surface area contributed by atoms with E-state index in [1.165, 1.54) is 0 Å². The van der Waals surface area contributed by atoms with E-state index in [1.807, 2.05) is 26.0 Å². The molecular formula is C20H26N2O3. The van der Waals surface area contributed by atoms with E-state index in [9.17, 15) is 4.79 Å². The number of aromatic nitrogens is 1. The van der Waals surface area contributed by atoms with Crippen LogP contribution in [0.15, 0.2) is 42.7 Å². The van der Waals surface area contributed by atoms with Gasteiger partial charge in [0, 0.05) is 29.6 Å². The third-order valence-electron chi connectivity index (χ3n) is 3.72. The molecule has 1 unspecified atom stereocenters. The Kier molecular flexibility index (Phi) is 7.26. The van der Waals surface area contributed by atoms with E-state index < -0.39 is 0 Å². The van der Waals surface area contributed by atoms with E-state index in [-0.39, 0.29) is 11.9 Å². The van der Waals surface area contributed by atoms with E-state index in [0.717, 1.165) is 18.4 Å². The highest BCUT2D eigenvalue weighted by molar-refractivity contribution is 5.95. The van der Waals surface area contributed by atoms with Gasteiger partial charge in [0.1, 0.15) is 6.61 Å². The second kappa shape index (κ2) is 9.67. The van der Waals surface area contributed by atoms with Gasteiger partial charge in [-0.05, 0) is 44.5 Å². The topological polar surface area (TPSA) is 60.5 Å². The molecule has 0 fully saturated rings. The van der Waals surface area contributed by atoms with Crippen molar-refractivity contribution in [2.45, 2.75) is 46.3 Å². The highest BCUT2D eigenvalue weighted by Gasteiger charge is 2.13. The molecule has 1 N–H and O–H groups in total. The summed E-state index contributed by atoms with van der Waals surface area (Å²) in [6.07, 6.45) is 5.47. The Hall–Kier alpha value is -2.56. The van der Waals surface area contributed by atoms with E-state index in [4.69, 9.17) is 9.47 Å². The Morgan fingerprint density at radius 3 is 2.72 bits per heavy atom. The number of hydrogen-bond donors (Lipinski definition) is 1. The summed E-state index contributed by atoms with van der Waals surface area (Å²) in [5.41, 5.74) is 1.54. The molecule has 2 rings (SSSR count). The van der Waals surface area contributed by atoms with Crippen LogP contribution in [-0.2, 0) is 6.61 Å². The summed E-state index contributed by atoms with van der Waals surface area (Å²) in [6, 6.07) is 9.23. The predicted octanol–water partition coefficient (Wildman–Crippen LogP) is 3.98. The number of carbonyl (C=O) groups is 1. The fourth-order valence-corrected chi connectivity index (χ4v) is 2.49. The average Bonchev–Trinajstić information content (AvgIpc) is 2.62. The second-order valence-corrected chi connectivity index (χ2v) is 5.91. The lowest BCUT2D eigenvalue weighted by atomic mass is 10.1. The van der Waals surface area contributed by atoms with E-state index >= 15 is 0 Å². The number of ether oxygens (including phenoxy) is 2. The molecule has 0 spiro atoms. The molecule has 134 valence electrons. The van der Waals surface area contributed by atoms with Crippen LogP contribution in [-0.4, -0.2) is 23.5 Å². The molecule has 1 atom stereocenters. The van der Waals surface area contributed by atoms with Gasteiger partial charge in [-0.25, -0.2) is 0 Å². The summed E-state index contributed by atoms with van der Waals surface area (Å²) in [5.74, 6) is 1.09. The number of amides is 1. The van der Waals surface area contributed by atoms with Crippen LogP contribution in [0.3, 0.4) is 0 Å². The third kappa shape index (κ3) is 5.78. The Morgan fingerprint density at radius 1 is 1.20 bits per heavy atom. The summed E-state index contributed by atoms with van der Waals surface area (Å²) in [7, 11) is 0. The summed E-state index contributed by atoms with van der Waals surface area (Å²) in [4.78, 5) is 16.4. The SMILES string of the molecule is CCCC(C)NC(=O)c1ccc(OCc2cccnc2)c(OCC)c1. The van der Waals surface area contributed by atoms with Crippen molar-refractivity contribution < 1.29 is 14.3 Å². The second-order valence-electron chi connectivity index (χ2n) is 5.91. The molecule has 1 aromatic heterocycles. The Labute approximate surface area is 149 Å². The molecule has 1 heterocycles. The first-order valence-corrected chi connectivity index (χ1v) is 8.73. The van der Waals surface area contributed by atoms with Gasteiger partial charge in [-0.15, -0.1) is 0 Å². The van der Waals surface area contributed by atoms with Crippen molar-refractivity contribution in [2.24, 2.45) is 0 Å². The van der Waals surface area contributed by atoms with E-state index in [0.29, 0.717) is 30.3 Å². The van der Waals surface area contributed by atoms with Crippen molar-refractivity contribution in [3.8, 4) is 11.5 Å². The maximum Gasteiger partial charge on any atom is 0.251 e. The van der Waals surface area contributed by atoms with Crippen LogP contribution in [0.1, 0.15) is 49.5 Å². The summed E-state index contributed by atoms with van der Waals surface area (Å²) >= 11 is 0. The van der Waals surface area contributed by atoms with E-state index in [2.05, 4.69) is 17.2 Å². The molecule has 0 saturated carbocycles. The zero-order valence-corrected chi connectivity index (χ0v) is 15.1. The first-order chi connectivity index (χ1) is 12.1. The summed E-state index contributed by atoms with van der Waals surface area (Å²) in [6.45, 7) is 6.91. The molecule has 5 heteroatoms. The molecule has 0 radical (unpaired) electrons. The molecule has 0 aliphatic rings. The van der Waals surface area contributed by atoms with Gasteiger partial charge in [0.05, 0.1) is 6.61 Å². The minimum Gasteiger partial charge on any atom is -0.490 e. The van der Waals surface area contributed by atoms with Crippen LogP contribution >= 0.6 is 0 Å². The van der Waals surface area contributed by atoms with Crippen LogP contribution in [0.2, 0.25) is 0 Å². The van der Waals surface area contributed by atoms with Crippen molar-refractivity contribution in [1.82, 2.24) is 10.3 Å². The van der Waals surface area contributed by atoms with Gasteiger partial charge in [0.2, 0.25) is 0 Å². The largest absolute Gasteiger partial charge is 0.490 e. The van der Waals surface area contributed by atoms with Gasteiger partial charge in [-0.3, -0.25) is 9.78 Å². The molecule has 25 heavy (non-hydrogen) atoms. The van der Waals surface area contributed by atoms with E-state index in [1.54, 1.807) is 30.6 Å². The maximum absolute atomic E-state index is 12.4. The number of nitrogens with one attached hydrogen (secondary N) is 1. The number of rotatable bonds is 9. The van der Waals surface area contributed by atoms with Crippen LogP contribution in [0.25, 0.3) is 0 Å². The highest BCUT2D eigenvalue weighted by atomic mass is 16.5. The number of hydrogen-bond acceptors (Lipinski definition) is 4. The van der Waals surface area contributed by atoms with Crippen LogP contribution in [0.5, 0.6) is 11.5 Å². The third-order valence-corrected chi connectivity index (χ3v) is 3.72. The molecule has 1 aromatic carbocycles. The van der Waals surface area contributed by atoms with Gasteiger partial charge < -0.3 is 14.8 Å². The van der Waals surface area contributed by atoms with Crippen LogP contribution in [0.4, 0.5) is 0 Å². The van der Waals surface area contributed by atoms with Crippen molar-refractivity contribution in [3.05, 3.63) is 53.9 Å². The predicted molar refractivity (Wildman–Crippen MR) is 98.0 cm³/mol. The molecule has 0 saturated heterocycles. The molecule has 1 amide bonds. The smallest absolute Gasteiger partial charge is 0.251 e. The van der Waals surface area contributed by atoms with Crippen LogP contribution < -0.4 is 14.8 Å². The molecule has 0 aliphatic carbocycles. The minimum atomic E-state index is -0.0966. The van der Waals surface area contributed by atoms with Crippen LogP contribution in [0, 0.1) is 0 Å². The molecule has 0 aliphatic heterocycles. The lowest BCUT2D eigenvalue weighted by Gasteiger charge is -2.15. The quantitative estimate of drug-likeness (QED) is 0.749. The highest BCUT2D eigenvalue weighted by Crippen LogP contribution is 2.29. The zero-order valence-electron chi connectivity index (χ0n) is 15.1. The van der Waals surface area contributed by atoms with Gasteiger partial charge in [-0.2, -0.15) is 0 Å². The van der Waals surface area contributed by atoms with Gasteiger partial charge in [0.15, 0.2) is 11.5 Å². The van der Waals surface area contributed by atoms with Gasteiger partial charge in [-0.1, -0.05) is 19.4 Å². The number of benzene rings is 1. The molecule has 5 nitrogen and oxygen atoms in total. The first-order valence-electron chi connectivity index (χ1n) is 8.73. The summed E-state index contributed by atoms with van der Waals surface area (Å²) in [5, 5.41) is 3.00. The zero-order chi connectivity index (χ0) is 18.1. The standard InChI is InChI=1S/C20H26N2O3/c1-4-7-15(3)22-20(23)17-9-10-18(19(12-17)24-5-2)25-14-16-8-6-11-21-13-16/h6,8-13,15H,4-5,7,14H2,1-3H3,(H,22,23). The lowest BCUT2D eigenvalue weighted by Crippen LogP contribution is -2.32. The Balaban J connectivity index is 2.09. The van der Waals surface area contributed by atoms with Crippen molar-refractivity contribution in [3.63, 3.8) is 0 Å². The average molecular weight is 342 g/mol. The van der Waals surface area contributed by atoms with Crippen molar-refractivity contribution >= 4 is 5.91 Å². The molecule has 2 aromatic rings. The monoisotopic (exact) mass is 342 g/mol. The first kappa shape index (κ1) is 18.8. The Morgan fingerprint density at radius 2 is 2.04 bits per heavy atom. The van der Waals surface area contributed by atoms with Crippen molar-refractivity contribution in [2.75, 3.05) is 6.61 Å². The minimum absolute atomic E-state index is 0.0966. The fourth-order valence-electron chi connectivity index (χ4n) is 2.49. The molecular weight excluding hydrogens is 316 g/mol. The van der Waals surface area contributed by atoms with Gasteiger partial charge >= 0.3 is 0 Å². The fraction of sp³-hybridized carbons (Fsp3) is 0.400. The number of carbonyl (C=O) groups excluding carboxylic acids is 1. The lowest BCUT2D eigenvalue weighted by molar-refractivity contribution is 0.0937. The normalized spacial score (nSPS) is 11.6. The molecule has 0 bridgehead atoms. The maximum atomic E-state index is 12.4. The number of pyridine rings is 1. The van der Waals surface area contributed by atoms with Gasteiger partial charge in [0.25, 0.3) is 5.91 Å². The number of nitrogens with zero attached hydrogens (tertiary/aromatic N) is 1. The Bertz CT molecular complexity index is 674. The van der Waals surface area contributed by atoms with Crippen molar-refractivity contribution in [1.29, 1.82) is 0 Å². The summed E-state index contributed by atoms with van der Waals surface area (Å²) < 4.78 is 11.5.